The lowest BCUT2D eigenvalue weighted by molar-refractivity contribution is -0.137. The molecule has 0 spiro atoms. The first-order chi connectivity index (χ1) is 10.4. The number of hydrogen-bond acceptors (Lipinski definition) is 3. The molecule has 0 atom stereocenters. The summed E-state index contributed by atoms with van der Waals surface area (Å²) in [4.78, 5) is 13.2. The third kappa shape index (κ3) is 2.62. The third-order valence-electron chi connectivity index (χ3n) is 3.01. The minimum absolute atomic E-state index is 0.116. The SMILES string of the molecule is O=C(Nn1nnc2ccccc21)c1cccc(C(F)(F)F)c1. The summed E-state index contributed by atoms with van der Waals surface area (Å²) in [6.45, 7) is 0. The van der Waals surface area contributed by atoms with Gasteiger partial charge in [0.25, 0.3) is 5.91 Å². The molecule has 5 nitrogen and oxygen atoms in total. The van der Waals surface area contributed by atoms with Crippen molar-refractivity contribution in [1.82, 2.24) is 15.1 Å². The first kappa shape index (κ1) is 14.1. The minimum Gasteiger partial charge on any atom is -0.267 e. The van der Waals surface area contributed by atoms with Gasteiger partial charge in [-0.1, -0.05) is 18.2 Å². The van der Waals surface area contributed by atoms with Gasteiger partial charge in [-0.3, -0.25) is 4.79 Å². The largest absolute Gasteiger partial charge is 0.416 e. The fourth-order valence-corrected chi connectivity index (χ4v) is 1.95. The van der Waals surface area contributed by atoms with E-state index in [1.807, 2.05) is 0 Å². The van der Waals surface area contributed by atoms with Crippen LogP contribution in [-0.2, 0) is 6.18 Å². The summed E-state index contributed by atoms with van der Waals surface area (Å²) in [7, 11) is 0. The van der Waals surface area contributed by atoms with E-state index in [2.05, 4.69) is 15.7 Å². The lowest BCUT2D eigenvalue weighted by Crippen LogP contribution is -2.24. The van der Waals surface area contributed by atoms with Crippen molar-refractivity contribution in [2.45, 2.75) is 6.18 Å². The zero-order valence-electron chi connectivity index (χ0n) is 11.0. The number of nitrogens with one attached hydrogen (secondary N) is 1. The second-order valence-corrected chi connectivity index (χ2v) is 4.51. The number of halogens is 3. The molecule has 22 heavy (non-hydrogen) atoms. The number of carbonyl (C=O) groups is 1. The highest BCUT2D eigenvalue weighted by Crippen LogP contribution is 2.29. The highest BCUT2D eigenvalue weighted by Gasteiger charge is 2.30. The number of rotatable bonds is 2. The van der Waals surface area contributed by atoms with E-state index in [4.69, 9.17) is 0 Å². The van der Waals surface area contributed by atoms with Crippen molar-refractivity contribution in [2.75, 3.05) is 5.43 Å². The molecule has 3 rings (SSSR count). The summed E-state index contributed by atoms with van der Waals surface area (Å²) in [5.74, 6) is -0.707. The number of aromatic nitrogens is 3. The summed E-state index contributed by atoms with van der Waals surface area (Å²) in [5.41, 5.74) is 2.50. The molecule has 0 unspecified atom stereocenters. The van der Waals surface area contributed by atoms with Gasteiger partial charge in [0.1, 0.15) is 11.0 Å². The Morgan fingerprint density at radius 2 is 1.86 bits per heavy atom. The smallest absolute Gasteiger partial charge is 0.267 e. The summed E-state index contributed by atoms with van der Waals surface area (Å²) in [6, 6.07) is 11.0. The molecule has 0 aliphatic rings. The molecule has 0 saturated carbocycles. The fraction of sp³-hybridized carbons (Fsp3) is 0.0714. The van der Waals surface area contributed by atoms with Crippen LogP contribution in [0, 0.1) is 0 Å². The number of amides is 1. The van der Waals surface area contributed by atoms with Crippen LogP contribution < -0.4 is 5.43 Å². The van der Waals surface area contributed by atoms with Crippen LogP contribution in [0.3, 0.4) is 0 Å². The Hall–Kier alpha value is -2.90. The Labute approximate surface area is 122 Å². The number of nitrogens with zero attached hydrogens (tertiary/aromatic N) is 3. The fourth-order valence-electron chi connectivity index (χ4n) is 1.95. The number of para-hydroxylation sites is 1. The predicted molar refractivity (Wildman–Crippen MR) is 72.7 cm³/mol. The molecule has 3 aromatic rings. The molecule has 1 aromatic heterocycles. The first-order valence-electron chi connectivity index (χ1n) is 6.24. The maximum Gasteiger partial charge on any atom is 0.416 e. The van der Waals surface area contributed by atoms with E-state index in [0.29, 0.717) is 11.0 Å². The topological polar surface area (TPSA) is 59.8 Å². The number of hydrogen-bond donors (Lipinski definition) is 1. The summed E-state index contributed by atoms with van der Waals surface area (Å²) < 4.78 is 38.0. The van der Waals surface area contributed by atoms with E-state index in [1.54, 1.807) is 24.3 Å². The average molecular weight is 306 g/mol. The molecule has 1 amide bonds. The Morgan fingerprint density at radius 1 is 1.09 bits per heavy atom. The highest BCUT2D eigenvalue weighted by atomic mass is 19.4. The van der Waals surface area contributed by atoms with Crippen LogP contribution in [0.1, 0.15) is 15.9 Å². The molecule has 0 saturated heterocycles. The van der Waals surface area contributed by atoms with Gasteiger partial charge in [-0.05, 0) is 35.5 Å². The van der Waals surface area contributed by atoms with Crippen LogP contribution in [0.4, 0.5) is 13.2 Å². The van der Waals surface area contributed by atoms with Gasteiger partial charge in [0.05, 0.1) is 5.56 Å². The third-order valence-corrected chi connectivity index (χ3v) is 3.01. The van der Waals surface area contributed by atoms with Crippen molar-refractivity contribution >= 4 is 16.9 Å². The van der Waals surface area contributed by atoms with E-state index in [0.717, 1.165) is 16.9 Å². The molecule has 0 radical (unpaired) electrons. The van der Waals surface area contributed by atoms with Crippen LogP contribution >= 0.6 is 0 Å². The zero-order chi connectivity index (χ0) is 15.7. The lowest BCUT2D eigenvalue weighted by atomic mass is 10.1. The van der Waals surface area contributed by atoms with Crippen LogP contribution in [0.2, 0.25) is 0 Å². The molecule has 8 heteroatoms. The van der Waals surface area contributed by atoms with Crippen molar-refractivity contribution in [3.05, 3.63) is 59.7 Å². The van der Waals surface area contributed by atoms with Gasteiger partial charge >= 0.3 is 6.18 Å². The Balaban J connectivity index is 1.89. The van der Waals surface area contributed by atoms with Crippen molar-refractivity contribution in [2.24, 2.45) is 0 Å². The standard InChI is InChI=1S/C14H9F3N4O/c15-14(16,17)10-5-3-4-9(8-10)13(22)19-21-12-7-2-1-6-11(12)18-20-21/h1-8H,(H,19,22). The van der Waals surface area contributed by atoms with Crippen LogP contribution in [0.5, 0.6) is 0 Å². The monoisotopic (exact) mass is 306 g/mol. The average Bonchev–Trinajstić information content (AvgIpc) is 2.90. The van der Waals surface area contributed by atoms with E-state index < -0.39 is 17.6 Å². The van der Waals surface area contributed by atoms with E-state index in [9.17, 15) is 18.0 Å². The second-order valence-electron chi connectivity index (χ2n) is 4.51. The van der Waals surface area contributed by atoms with Crippen molar-refractivity contribution < 1.29 is 18.0 Å². The van der Waals surface area contributed by atoms with Crippen molar-refractivity contribution in [3.63, 3.8) is 0 Å². The normalized spacial score (nSPS) is 11.6. The quantitative estimate of drug-likeness (QED) is 0.792. The number of fused-ring (bicyclic) bond motifs is 1. The molecule has 2 aromatic carbocycles. The number of alkyl halides is 3. The van der Waals surface area contributed by atoms with Gasteiger partial charge in [0, 0.05) is 5.56 Å². The zero-order valence-corrected chi connectivity index (χ0v) is 11.0. The van der Waals surface area contributed by atoms with E-state index >= 15 is 0 Å². The van der Waals surface area contributed by atoms with Gasteiger partial charge in [-0.2, -0.15) is 18.0 Å². The molecule has 0 bridgehead atoms. The molecule has 0 aliphatic carbocycles. The molecular weight excluding hydrogens is 297 g/mol. The summed E-state index contributed by atoms with van der Waals surface area (Å²) in [6.07, 6.45) is -4.50. The lowest BCUT2D eigenvalue weighted by Gasteiger charge is -2.09. The molecule has 112 valence electrons. The highest BCUT2D eigenvalue weighted by molar-refractivity contribution is 6.00. The first-order valence-corrected chi connectivity index (χ1v) is 6.24. The van der Waals surface area contributed by atoms with Crippen LogP contribution in [0.25, 0.3) is 11.0 Å². The maximum atomic E-state index is 12.7. The van der Waals surface area contributed by atoms with Crippen molar-refractivity contribution in [3.8, 4) is 0 Å². The number of carbonyl (C=O) groups excluding carboxylic acids is 1. The van der Waals surface area contributed by atoms with Gasteiger partial charge < -0.3 is 0 Å². The molecule has 1 N–H and O–H groups in total. The van der Waals surface area contributed by atoms with Gasteiger partial charge in [-0.25, -0.2) is 5.43 Å². The molecule has 0 fully saturated rings. The molecular formula is C14H9F3N4O. The van der Waals surface area contributed by atoms with Crippen LogP contribution in [-0.4, -0.2) is 21.0 Å². The molecule has 0 aliphatic heterocycles. The Morgan fingerprint density at radius 3 is 2.64 bits per heavy atom. The van der Waals surface area contributed by atoms with E-state index in [1.165, 1.54) is 12.1 Å². The summed E-state index contributed by atoms with van der Waals surface area (Å²) in [5, 5.41) is 7.58. The Bertz CT molecular complexity index is 841. The van der Waals surface area contributed by atoms with Gasteiger partial charge in [0.15, 0.2) is 0 Å². The maximum absolute atomic E-state index is 12.7. The molecule has 1 heterocycles. The van der Waals surface area contributed by atoms with Crippen molar-refractivity contribution in [1.29, 1.82) is 0 Å². The van der Waals surface area contributed by atoms with Crippen LogP contribution in [0.15, 0.2) is 48.5 Å². The number of benzene rings is 2. The summed E-state index contributed by atoms with van der Waals surface area (Å²) >= 11 is 0. The van der Waals surface area contributed by atoms with E-state index in [-0.39, 0.29) is 5.56 Å². The van der Waals surface area contributed by atoms with Gasteiger partial charge in [0.2, 0.25) is 0 Å². The van der Waals surface area contributed by atoms with Gasteiger partial charge in [-0.15, -0.1) is 5.10 Å². The Kier molecular flexibility index (Phi) is 3.28. The predicted octanol–water partition coefficient (Wildman–Crippen LogP) is 2.83. The second kappa shape index (κ2) is 5.14. The minimum atomic E-state index is -4.50.